The van der Waals surface area contributed by atoms with Gasteiger partial charge in [0.1, 0.15) is 4.33 Å². The van der Waals surface area contributed by atoms with Gasteiger partial charge in [0.2, 0.25) is 0 Å². The molecule has 0 aliphatic heterocycles. The zero-order valence-corrected chi connectivity index (χ0v) is 6.28. The molecule has 0 unspecified atom stereocenters. The van der Waals surface area contributed by atoms with Gasteiger partial charge in [-0.05, 0) is 12.2 Å². The molecule has 0 atom stereocenters. The van der Waals surface area contributed by atoms with E-state index < -0.39 is 4.33 Å². The minimum Gasteiger partial charge on any atom is -0.399 e. The van der Waals surface area contributed by atoms with Crippen LogP contribution in [-0.4, -0.2) is 4.33 Å². The minimum absolute atomic E-state index is 0.596. The molecule has 0 saturated carbocycles. The lowest BCUT2D eigenvalue weighted by Gasteiger charge is -2.15. The monoisotopic (exact) mass is 163 g/mol. The third-order valence-corrected chi connectivity index (χ3v) is 1.69. The molecule has 0 bridgehead atoms. The Morgan fingerprint density at radius 2 is 2.22 bits per heavy atom. The maximum atomic E-state index is 5.72. The average Bonchev–Trinajstić information content (AvgIpc) is 1.78. The Balaban J connectivity index is 2.70. The SMILES string of the molecule is NC1=CCC(Cl)(Cl)C=C1. The van der Waals surface area contributed by atoms with Gasteiger partial charge in [-0.3, -0.25) is 0 Å². The number of allylic oxidation sites excluding steroid dienone is 3. The minimum atomic E-state index is -0.733. The van der Waals surface area contributed by atoms with E-state index >= 15 is 0 Å². The van der Waals surface area contributed by atoms with Crippen LogP contribution < -0.4 is 5.73 Å². The molecular formula is C6H7Cl2N. The first-order valence-corrected chi connectivity index (χ1v) is 3.38. The summed E-state index contributed by atoms with van der Waals surface area (Å²) in [5.74, 6) is 0. The van der Waals surface area contributed by atoms with Gasteiger partial charge in [0, 0.05) is 12.1 Å². The van der Waals surface area contributed by atoms with E-state index in [2.05, 4.69) is 0 Å². The Morgan fingerprint density at radius 3 is 2.56 bits per heavy atom. The van der Waals surface area contributed by atoms with Crippen molar-refractivity contribution in [2.45, 2.75) is 10.8 Å². The van der Waals surface area contributed by atoms with Crippen LogP contribution in [0.1, 0.15) is 6.42 Å². The highest BCUT2D eigenvalue weighted by Gasteiger charge is 2.20. The van der Waals surface area contributed by atoms with Crippen LogP contribution in [0.25, 0.3) is 0 Å². The molecule has 1 aliphatic carbocycles. The van der Waals surface area contributed by atoms with Crippen LogP contribution in [0.2, 0.25) is 0 Å². The first-order chi connectivity index (χ1) is 4.10. The summed E-state index contributed by atoms with van der Waals surface area (Å²) < 4.78 is -0.733. The average molecular weight is 164 g/mol. The van der Waals surface area contributed by atoms with Gasteiger partial charge in [-0.1, -0.05) is 29.3 Å². The van der Waals surface area contributed by atoms with Crippen molar-refractivity contribution in [2.75, 3.05) is 0 Å². The molecule has 0 fully saturated rings. The van der Waals surface area contributed by atoms with Crippen LogP contribution in [-0.2, 0) is 0 Å². The first-order valence-electron chi connectivity index (χ1n) is 2.63. The predicted molar refractivity (Wildman–Crippen MR) is 40.5 cm³/mol. The van der Waals surface area contributed by atoms with Gasteiger partial charge in [-0.15, -0.1) is 0 Å². The zero-order chi connectivity index (χ0) is 6.91. The van der Waals surface area contributed by atoms with Crippen molar-refractivity contribution < 1.29 is 0 Å². The van der Waals surface area contributed by atoms with Gasteiger partial charge in [-0.2, -0.15) is 0 Å². The van der Waals surface area contributed by atoms with Crippen LogP contribution in [0.15, 0.2) is 23.9 Å². The molecule has 1 rings (SSSR count). The number of alkyl halides is 2. The lowest BCUT2D eigenvalue weighted by molar-refractivity contribution is 0.943. The Kier molecular flexibility index (Phi) is 1.73. The Hall–Kier alpha value is -0.140. The summed E-state index contributed by atoms with van der Waals surface area (Å²) in [5.41, 5.74) is 6.14. The van der Waals surface area contributed by atoms with Gasteiger partial charge in [-0.25, -0.2) is 0 Å². The number of halogens is 2. The molecular weight excluding hydrogens is 157 g/mol. The van der Waals surface area contributed by atoms with E-state index in [1.165, 1.54) is 0 Å². The van der Waals surface area contributed by atoms with Crippen molar-refractivity contribution in [1.82, 2.24) is 0 Å². The summed E-state index contributed by atoms with van der Waals surface area (Å²) in [6, 6.07) is 0. The predicted octanol–water partition coefficient (Wildman–Crippen LogP) is 1.96. The molecule has 0 amide bonds. The molecule has 1 nitrogen and oxygen atoms in total. The van der Waals surface area contributed by atoms with Crippen LogP contribution in [0.5, 0.6) is 0 Å². The summed E-state index contributed by atoms with van der Waals surface area (Å²) in [6.07, 6.45) is 5.80. The molecule has 0 spiro atoms. The van der Waals surface area contributed by atoms with E-state index in [0.29, 0.717) is 6.42 Å². The van der Waals surface area contributed by atoms with Gasteiger partial charge in [0.25, 0.3) is 0 Å². The van der Waals surface area contributed by atoms with Crippen molar-refractivity contribution in [3.63, 3.8) is 0 Å². The Morgan fingerprint density at radius 1 is 1.56 bits per heavy atom. The highest BCUT2D eigenvalue weighted by Crippen LogP contribution is 2.30. The first kappa shape index (κ1) is 6.97. The van der Waals surface area contributed by atoms with Gasteiger partial charge >= 0.3 is 0 Å². The molecule has 0 radical (unpaired) electrons. The fourth-order valence-corrected chi connectivity index (χ4v) is 0.888. The summed E-state index contributed by atoms with van der Waals surface area (Å²) >= 11 is 11.4. The second-order valence-electron chi connectivity index (χ2n) is 2.00. The second-order valence-corrected chi connectivity index (χ2v) is 3.55. The normalized spacial score (nSPS) is 23.6. The lowest BCUT2D eigenvalue weighted by Crippen LogP contribution is -2.12. The Bertz CT molecular complexity index is 170. The van der Waals surface area contributed by atoms with Crippen molar-refractivity contribution in [1.29, 1.82) is 0 Å². The third-order valence-electron chi connectivity index (χ3n) is 1.13. The molecule has 9 heavy (non-hydrogen) atoms. The van der Waals surface area contributed by atoms with Crippen molar-refractivity contribution in [3.05, 3.63) is 23.9 Å². The van der Waals surface area contributed by atoms with E-state index in [1.807, 2.05) is 0 Å². The van der Waals surface area contributed by atoms with Crippen LogP contribution >= 0.6 is 23.2 Å². The van der Waals surface area contributed by atoms with E-state index in [1.54, 1.807) is 18.2 Å². The maximum Gasteiger partial charge on any atom is 0.140 e. The number of hydrogen-bond donors (Lipinski definition) is 1. The van der Waals surface area contributed by atoms with Crippen molar-refractivity contribution in [2.24, 2.45) is 5.73 Å². The number of hydrogen-bond acceptors (Lipinski definition) is 1. The van der Waals surface area contributed by atoms with E-state index in [-0.39, 0.29) is 0 Å². The fourth-order valence-electron chi connectivity index (χ4n) is 0.608. The molecule has 0 aromatic carbocycles. The fraction of sp³-hybridized carbons (Fsp3) is 0.333. The Labute approximate surface area is 64.1 Å². The van der Waals surface area contributed by atoms with Gasteiger partial charge in [0.15, 0.2) is 0 Å². The molecule has 2 N–H and O–H groups in total. The molecule has 0 heterocycles. The van der Waals surface area contributed by atoms with Crippen LogP contribution in [0.4, 0.5) is 0 Å². The summed E-state index contributed by atoms with van der Waals surface area (Å²) in [4.78, 5) is 0. The van der Waals surface area contributed by atoms with Gasteiger partial charge < -0.3 is 5.73 Å². The van der Waals surface area contributed by atoms with E-state index in [4.69, 9.17) is 28.9 Å². The van der Waals surface area contributed by atoms with Crippen molar-refractivity contribution in [3.8, 4) is 0 Å². The molecule has 3 heteroatoms. The standard InChI is InChI=1S/C6H7Cl2N/c7-6(8)3-1-5(9)2-4-6/h1-3H,4,9H2. The van der Waals surface area contributed by atoms with Crippen LogP contribution in [0.3, 0.4) is 0 Å². The number of rotatable bonds is 0. The number of nitrogens with two attached hydrogens (primary N) is 1. The topological polar surface area (TPSA) is 26.0 Å². The molecule has 50 valence electrons. The van der Waals surface area contributed by atoms with E-state index in [9.17, 15) is 0 Å². The van der Waals surface area contributed by atoms with E-state index in [0.717, 1.165) is 5.70 Å². The maximum absolute atomic E-state index is 5.72. The second kappa shape index (κ2) is 2.24. The molecule has 1 aliphatic rings. The lowest BCUT2D eigenvalue weighted by atomic mass is 10.1. The molecule has 0 saturated heterocycles. The summed E-state index contributed by atoms with van der Waals surface area (Å²) in [5, 5.41) is 0. The molecule has 0 aromatic rings. The summed E-state index contributed by atoms with van der Waals surface area (Å²) in [7, 11) is 0. The van der Waals surface area contributed by atoms with Gasteiger partial charge in [0.05, 0.1) is 0 Å². The zero-order valence-electron chi connectivity index (χ0n) is 4.77. The largest absolute Gasteiger partial charge is 0.399 e. The quantitative estimate of drug-likeness (QED) is 0.544. The summed E-state index contributed by atoms with van der Waals surface area (Å²) in [6.45, 7) is 0. The smallest absolute Gasteiger partial charge is 0.140 e. The van der Waals surface area contributed by atoms with Crippen molar-refractivity contribution >= 4 is 23.2 Å². The highest BCUT2D eigenvalue weighted by molar-refractivity contribution is 6.50. The van der Waals surface area contributed by atoms with Crippen LogP contribution in [0, 0.1) is 0 Å². The highest BCUT2D eigenvalue weighted by atomic mass is 35.5. The molecule has 0 aromatic heterocycles. The third kappa shape index (κ3) is 1.92.